The van der Waals surface area contributed by atoms with E-state index < -0.39 is 12.4 Å². The fraction of sp³-hybridized carbons (Fsp3) is 0.538. The number of rotatable bonds is 7. The molecule has 0 amide bonds. The van der Waals surface area contributed by atoms with Crippen LogP contribution in [0, 0.1) is 0 Å². The average molecular weight is 240 g/mol. The van der Waals surface area contributed by atoms with Crippen LogP contribution in [0.4, 0.5) is 0 Å². The van der Waals surface area contributed by atoms with Gasteiger partial charge in [-0.15, -0.1) is 0 Å². The average Bonchev–Trinajstić information content (AvgIpc) is 2.38. The summed E-state index contributed by atoms with van der Waals surface area (Å²) >= 11 is 0. The lowest BCUT2D eigenvalue weighted by Gasteiger charge is -2.22. The van der Waals surface area contributed by atoms with Crippen molar-refractivity contribution >= 4 is 0 Å². The van der Waals surface area contributed by atoms with Gasteiger partial charge in [0.05, 0.1) is 7.11 Å². The summed E-state index contributed by atoms with van der Waals surface area (Å²) in [5.74, 6) is 0.755. The van der Waals surface area contributed by atoms with Crippen LogP contribution in [0.25, 0.3) is 0 Å². The third kappa shape index (κ3) is 4.00. The largest absolute Gasteiger partial charge is 0.497 e. The highest BCUT2D eigenvalue weighted by Crippen LogP contribution is 2.22. The predicted molar refractivity (Wildman–Crippen MR) is 65.0 cm³/mol. The zero-order valence-electron chi connectivity index (χ0n) is 10.6. The Kier molecular flexibility index (Phi) is 5.97. The fourth-order valence-electron chi connectivity index (χ4n) is 1.52. The molecule has 17 heavy (non-hydrogen) atoms. The normalized spacial score (nSPS) is 12.8. The van der Waals surface area contributed by atoms with E-state index >= 15 is 0 Å². The number of ether oxygens (including phenoxy) is 3. The first-order valence-electron chi connectivity index (χ1n) is 5.78. The standard InChI is InChI=1S/C13H20O4/c1-4-16-13(17-5-2)12(14)10-6-8-11(15-3)9-7-10/h6-9,12-14H,4-5H2,1-3H3. The van der Waals surface area contributed by atoms with Gasteiger partial charge in [0.2, 0.25) is 0 Å². The molecule has 4 heteroatoms. The molecule has 0 bridgehead atoms. The van der Waals surface area contributed by atoms with Crippen molar-refractivity contribution in [2.45, 2.75) is 26.2 Å². The molecule has 0 aliphatic heterocycles. The molecule has 0 aliphatic rings. The second-order valence-electron chi connectivity index (χ2n) is 3.50. The predicted octanol–water partition coefficient (Wildman–Crippen LogP) is 2.13. The molecular weight excluding hydrogens is 220 g/mol. The van der Waals surface area contributed by atoms with Gasteiger partial charge in [0.1, 0.15) is 11.9 Å². The molecule has 1 atom stereocenters. The summed E-state index contributed by atoms with van der Waals surface area (Å²) in [6, 6.07) is 7.20. The van der Waals surface area contributed by atoms with E-state index in [-0.39, 0.29) is 0 Å². The van der Waals surface area contributed by atoms with Crippen LogP contribution < -0.4 is 4.74 Å². The fourth-order valence-corrected chi connectivity index (χ4v) is 1.52. The molecule has 0 spiro atoms. The molecule has 1 rings (SSSR count). The molecule has 0 saturated carbocycles. The van der Waals surface area contributed by atoms with E-state index in [4.69, 9.17) is 14.2 Å². The van der Waals surface area contributed by atoms with Crippen LogP contribution in [-0.4, -0.2) is 31.7 Å². The first kappa shape index (κ1) is 14.0. The number of methoxy groups -OCH3 is 1. The van der Waals surface area contributed by atoms with Gasteiger partial charge in [0.25, 0.3) is 0 Å². The minimum atomic E-state index is -0.791. The van der Waals surface area contributed by atoms with Gasteiger partial charge in [-0.3, -0.25) is 0 Å². The summed E-state index contributed by atoms with van der Waals surface area (Å²) in [6.07, 6.45) is -1.42. The molecule has 0 saturated heterocycles. The van der Waals surface area contributed by atoms with E-state index in [2.05, 4.69) is 0 Å². The van der Waals surface area contributed by atoms with Gasteiger partial charge in [-0.2, -0.15) is 0 Å². The number of hydrogen-bond donors (Lipinski definition) is 1. The summed E-state index contributed by atoms with van der Waals surface area (Å²) < 4.78 is 15.8. The lowest BCUT2D eigenvalue weighted by molar-refractivity contribution is -0.191. The third-order valence-electron chi connectivity index (χ3n) is 2.38. The van der Waals surface area contributed by atoms with Crippen molar-refractivity contribution < 1.29 is 19.3 Å². The van der Waals surface area contributed by atoms with Crippen molar-refractivity contribution in [3.8, 4) is 5.75 Å². The SMILES string of the molecule is CCOC(OCC)C(O)c1ccc(OC)cc1. The van der Waals surface area contributed by atoms with Crippen molar-refractivity contribution in [1.29, 1.82) is 0 Å². The van der Waals surface area contributed by atoms with Crippen molar-refractivity contribution in [3.05, 3.63) is 29.8 Å². The Morgan fingerprint density at radius 2 is 1.59 bits per heavy atom. The van der Waals surface area contributed by atoms with E-state index in [9.17, 15) is 5.11 Å². The Morgan fingerprint density at radius 3 is 2.00 bits per heavy atom. The highest BCUT2D eigenvalue weighted by atomic mass is 16.7. The van der Waals surface area contributed by atoms with Crippen LogP contribution in [0.1, 0.15) is 25.5 Å². The summed E-state index contributed by atoms with van der Waals surface area (Å²) in [5.41, 5.74) is 0.748. The Labute approximate surface area is 102 Å². The number of benzene rings is 1. The summed E-state index contributed by atoms with van der Waals surface area (Å²) in [6.45, 7) is 4.73. The van der Waals surface area contributed by atoms with Gasteiger partial charge >= 0.3 is 0 Å². The van der Waals surface area contributed by atoms with E-state index in [1.807, 2.05) is 13.8 Å². The Hall–Kier alpha value is -1.10. The van der Waals surface area contributed by atoms with Crippen LogP contribution in [0.15, 0.2) is 24.3 Å². The minimum Gasteiger partial charge on any atom is -0.497 e. The van der Waals surface area contributed by atoms with Gasteiger partial charge in [-0.1, -0.05) is 12.1 Å². The van der Waals surface area contributed by atoms with Gasteiger partial charge in [0.15, 0.2) is 6.29 Å². The lowest BCUT2D eigenvalue weighted by Crippen LogP contribution is -2.25. The van der Waals surface area contributed by atoms with Crippen molar-refractivity contribution in [1.82, 2.24) is 0 Å². The zero-order chi connectivity index (χ0) is 12.7. The molecule has 1 aromatic rings. The van der Waals surface area contributed by atoms with Crippen LogP contribution in [0.3, 0.4) is 0 Å². The van der Waals surface area contributed by atoms with Crippen LogP contribution >= 0.6 is 0 Å². The zero-order valence-corrected chi connectivity index (χ0v) is 10.6. The van der Waals surface area contributed by atoms with Crippen LogP contribution in [0.2, 0.25) is 0 Å². The number of aliphatic hydroxyl groups excluding tert-OH is 1. The number of aliphatic hydroxyl groups is 1. The first-order chi connectivity index (χ1) is 8.22. The summed E-state index contributed by atoms with van der Waals surface area (Å²) in [5, 5.41) is 10.1. The molecule has 0 aliphatic carbocycles. The monoisotopic (exact) mass is 240 g/mol. The molecule has 0 fully saturated rings. The lowest BCUT2D eigenvalue weighted by atomic mass is 10.1. The maximum absolute atomic E-state index is 10.1. The molecular formula is C13H20O4. The van der Waals surface area contributed by atoms with Gasteiger partial charge in [-0.05, 0) is 31.5 Å². The molecule has 0 heterocycles. The molecule has 1 unspecified atom stereocenters. The molecule has 4 nitrogen and oxygen atoms in total. The first-order valence-corrected chi connectivity index (χ1v) is 5.78. The summed E-state index contributed by atoms with van der Waals surface area (Å²) in [7, 11) is 1.61. The Morgan fingerprint density at radius 1 is 1.06 bits per heavy atom. The van der Waals surface area contributed by atoms with E-state index in [0.29, 0.717) is 13.2 Å². The Balaban J connectivity index is 2.73. The quantitative estimate of drug-likeness (QED) is 0.742. The highest BCUT2D eigenvalue weighted by Gasteiger charge is 2.21. The van der Waals surface area contributed by atoms with Crippen molar-refractivity contribution in [2.75, 3.05) is 20.3 Å². The third-order valence-corrected chi connectivity index (χ3v) is 2.38. The van der Waals surface area contributed by atoms with E-state index in [1.54, 1.807) is 31.4 Å². The smallest absolute Gasteiger partial charge is 0.187 e. The maximum Gasteiger partial charge on any atom is 0.187 e. The van der Waals surface area contributed by atoms with E-state index in [1.165, 1.54) is 0 Å². The second kappa shape index (κ2) is 7.27. The molecule has 0 radical (unpaired) electrons. The second-order valence-corrected chi connectivity index (χ2v) is 3.50. The number of hydrogen-bond acceptors (Lipinski definition) is 4. The molecule has 1 aromatic carbocycles. The molecule has 0 aromatic heterocycles. The Bertz CT molecular complexity index is 304. The van der Waals surface area contributed by atoms with Crippen LogP contribution in [0.5, 0.6) is 5.75 Å². The topological polar surface area (TPSA) is 47.9 Å². The van der Waals surface area contributed by atoms with Crippen molar-refractivity contribution in [3.63, 3.8) is 0 Å². The van der Waals surface area contributed by atoms with Crippen LogP contribution in [-0.2, 0) is 9.47 Å². The minimum absolute atomic E-state index is 0.498. The molecule has 1 N–H and O–H groups in total. The van der Waals surface area contributed by atoms with Crippen molar-refractivity contribution in [2.24, 2.45) is 0 Å². The van der Waals surface area contributed by atoms with Gasteiger partial charge in [0, 0.05) is 13.2 Å². The van der Waals surface area contributed by atoms with Gasteiger partial charge in [-0.25, -0.2) is 0 Å². The van der Waals surface area contributed by atoms with E-state index in [0.717, 1.165) is 11.3 Å². The molecule has 96 valence electrons. The maximum atomic E-state index is 10.1. The summed E-state index contributed by atoms with van der Waals surface area (Å²) in [4.78, 5) is 0. The highest BCUT2D eigenvalue weighted by molar-refractivity contribution is 5.28. The van der Waals surface area contributed by atoms with Gasteiger partial charge < -0.3 is 19.3 Å².